The summed E-state index contributed by atoms with van der Waals surface area (Å²) in [5.74, 6) is 0. The molecular formula is C54H32F9N3. The highest BCUT2D eigenvalue weighted by Gasteiger charge is 2.37. The molecule has 0 saturated heterocycles. The molecule has 0 unspecified atom stereocenters. The number of para-hydroxylation sites is 2. The SMILES string of the molecule is Cc1cc(-c2ccc3c4ccccc4n(-c4cc(C(F)(F)F)c(-n5c6ccccc6c6ccc(-c7cc(C)cc(C(F)(F)F)c7)cc65)cc4-c4cccc(C#N)c4)c3c2)cc(C(F)(F)F)c1. The lowest BCUT2D eigenvalue weighted by molar-refractivity contribution is -0.138. The first kappa shape index (κ1) is 42.2. The number of hydrogen-bond donors (Lipinski definition) is 0. The summed E-state index contributed by atoms with van der Waals surface area (Å²) in [6.45, 7) is 3.10. The first-order valence-electron chi connectivity index (χ1n) is 20.6. The standard InChI is InChI=1S/C54H32F9N3/c1-30-18-36(23-38(20-30)52(55,56)57)33-14-16-42-40-10-3-5-12-46(40)65(48(42)25-33)50-28-45(54(61,62)63)51(27-44(50)35-9-7-8-32(22-35)29-64)66-47-13-6-4-11-41(47)43-17-15-34(26-49(43)66)37-19-31(2)21-39(24-37)53(58,59)60/h3-28H,1-2H3. The van der Waals surface area contributed by atoms with Crippen molar-refractivity contribution < 1.29 is 39.5 Å². The van der Waals surface area contributed by atoms with E-state index in [2.05, 4.69) is 6.07 Å². The summed E-state index contributed by atoms with van der Waals surface area (Å²) < 4.78 is 136. The van der Waals surface area contributed by atoms with Gasteiger partial charge in [0.1, 0.15) is 0 Å². The van der Waals surface area contributed by atoms with E-state index in [1.54, 1.807) is 134 Å². The van der Waals surface area contributed by atoms with Crippen LogP contribution in [0.1, 0.15) is 33.4 Å². The molecule has 0 spiro atoms. The average Bonchev–Trinajstić information content (AvgIpc) is 3.79. The Balaban J connectivity index is 1.31. The lowest BCUT2D eigenvalue weighted by atomic mass is 9.96. The fourth-order valence-corrected chi connectivity index (χ4v) is 9.21. The van der Waals surface area contributed by atoms with Crippen LogP contribution in [0.3, 0.4) is 0 Å². The molecule has 0 aliphatic carbocycles. The van der Waals surface area contributed by atoms with Crippen LogP contribution in [0.5, 0.6) is 0 Å². The summed E-state index contributed by atoms with van der Waals surface area (Å²) in [5.41, 5.74) is 1.56. The number of hydrogen-bond acceptors (Lipinski definition) is 1. The van der Waals surface area contributed by atoms with E-state index < -0.39 is 35.2 Å². The Kier molecular flexibility index (Phi) is 9.69. The fraction of sp³-hybridized carbons (Fsp3) is 0.0926. The highest BCUT2D eigenvalue weighted by molar-refractivity contribution is 6.12. The Morgan fingerprint density at radius 3 is 1.36 bits per heavy atom. The van der Waals surface area contributed by atoms with Crippen molar-refractivity contribution in [2.24, 2.45) is 0 Å². The van der Waals surface area contributed by atoms with Crippen molar-refractivity contribution in [2.75, 3.05) is 0 Å². The van der Waals surface area contributed by atoms with Gasteiger partial charge < -0.3 is 9.13 Å². The van der Waals surface area contributed by atoms with Gasteiger partial charge in [0.05, 0.1) is 61.8 Å². The molecule has 0 N–H and O–H groups in total. The molecule has 2 aromatic heterocycles. The van der Waals surface area contributed by atoms with Crippen molar-refractivity contribution >= 4 is 43.6 Å². The van der Waals surface area contributed by atoms with Gasteiger partial charge in [-0.3, -0.25) is 0 Å². The maximum Gasteiger partial charge on any atom is 0.418 e. The highest BCUT2D eigenvalue weighted by atomic mass is 19.4. The Morgan fingerprint density at radius 2 is 0.879 bits per heavy atom. The van der Waals surface area contributed by atoms with Crippen molar-refractivity contribution in [2.45, 2.75) is 32.4 Å². The molecule has 0 fully saturated rings. The smallest absolute Gasteiger partial charge is 0.309 e. The van der Waals surface area contributed by atoms with Crippen LogP contribution in [0, 0.1) is 25.2 Å². The van der Waals surface area contributed by atoms with Crippen molar-refractivity contribution in [1.29, 1.82) is 5.26 Å². The van der Waals surface area contributed by atoms with Crippen LogP contribution in [-0.2, 0) is 18.5 Å². The molecule has 10 aromatic rings. The Bertz CT molecular complexity index is 3650. The van der Waals surface area contributed by atoms with E-state index in [9.17, 15) is 31.6 Å². The van der Waals surface area contributed by atoms with Crippen LogP contribution in [-0.4, -0.2) is 9.13 Å². The Hall–Kier alpha value is -7.78. The lowest BCUT2D eigenvalue weighted by Gasteiger charge is -2.22. The number of fused-ring (bicyclic) bond motifs is 6. The third-order valence-electron chi connectivity index (χ3n) is 12.0. The third-order valence-corrected chi connectivity index (χ3v) is 12.0. The molecule has 0 bridgehead atoms. The fourth-order valence-electron chi connectivity index (χ4n) is 9.21. The molecule has 12 heteroatoms. The van der Waals surface area contributed by atoms with Crippen LogP contribution in [0.2, 0.25) is 0 Å². The monoisotopic (exact) mass is 893 g/mol. The normalized spacial score (nSPS) is 12.5. The number of benzene rings is 8. The largest absolute Gasteiger partial charge is 0.418 e. The third kappa shape index (κ3) is 7.21. The molecule has 10 rings (SSSR count). The molecule has 66 heavy (non-hydrogen) atoms. The number of halogens is 9. The minimum atomic E-state index is -5.00. The zero-order valence-electron chi connectivity index (χ0n) is 34.8. The molecule has 0 aliphatic heterocycles. The van der Waals surface area contributed by atoms with Crippen molar-refractivity contribution in [1.82, 2.24) is 9.13 Å². The Morgan fingerprint density at radius 1 is 0.394 bits per heavy atom. The predicted octanol–water partition coefficient (Wildman–Crippen LogP) is 16.4. The zero-order valence-corrected chi connectivity index (χ0v) is 34.8. The van der Waals surface area contributed by atoms with Gasteiger partial charge in [-0.2, -0.15) is 44.8 Å². The second-order valence-corrected chi connectivity index (χ2v) is 16.4. The highest BCUT2D eigenvalue weighted by Crippen LogP contribution is 2.46. The topological polar surface area (TPSA) is 33.6 Å². The number of alkyl halides is 9. The molecule has 3 nitrogen and oxygen atoms in total. The van der Waals surface area contributed by atoms with Gasteiger partial charge in [0, 0.05) is 27.1 Å². The van der Waals surface area contributed by atoms with Crippen LogP contribution in [0.25, 0.3) is 88.4 Å². The second-order valence-electron chi connectivity index (χ2n) is 16.4. The number of aromatic nitrogens is 2. The molecule has 0 radical (unpaired) electrons. The first-order chi connectivity index (χ1) is 31.4. The first-order valence-corrected chi connectivity index (χ1v) is 20.6. The van der Waals surface area contributed by atoms with Crippen LogP contribution in [0.4, 0.5) is 39.5 Å². The Labute approximate surface area is 370 Å². The lowest BCUT2D eigenvalue weighted by Crippen LogP contribution is -2.13. The van der Waals surface area contributed by atoms with E-state index in [0.29, 0.717) is 71.4 Å². The maximum absolute atomic E-state index is 16.1. The van der Waals surface area contributed by atoms with Crippen LogP contribution < -0.4 is 0 Å². The van der Waals surface area contributed by atoms with E-state index in [0.717, 1.165) is 30.3 Å². The predicted molar refractivity (Wildman–Crippen MR) is 241 cm³/mol. The summed E-state index contributed by atoms with van der Waals surface area (Å²) in [6, 6.07) is 42.4. The summed E-state index contributed by atoms with van der Waals surface area (Å²) in [4.78, 5) is 0. The quantitative estimate of drug-likeness (QED) is 0.159. The molecule has 8 aromatic carbocycles. The molecular weight excluding hydrogens is 862 g/mol. The van der Waals surface area contributed by atoms with Crippen molar-refractivity contribution in [3.63, 3.8) is 0 Å². The van der Waals surface area contributed by atoms with E-state index in [-0.39, 0.29) is 33.6 Å². The summed E-state index contributed by atoms with van der Waals surface area (Å²) in [5, 5.41) is 12.5. The van der Waals surface area contributed by atoms with Crippen LogP contribution >= 0.6 is 0 Å². The molecule has 0 atom stereocenters. The molecule has 0 aliphatic rings. The minimum absolute atomic E-state index is 0.0747. The van der Waals surface area contributed by atoms with E-state index in [1.807, 2.05) is 6.07 Å². The van der Waals surface area contributed by atoms with Crippen molar-refractivity contribution in [3.8, 4) is 50.8 Å². The van der Waals surface area contributed by atoms with Gasteiger partial charge in [-0.1, -0.05) is 84.9 Å². The molecule has 0 amide bonds. The minimum Gasteiger partial charge on any atom is -0.309 e. The van der Waals surface area contributed by atoms with E-state index in [1.165, 1.54) is 10.6 Å². The number of aryl methyl sites for hydroxylation is 2. The number of nitrogens with zero attached hydrogens (tertiary/aromatic N) is 3. The van der Waals surface area contributed by atoms with Gasteiger partial charge in [-0.15, -0.1) is 0 Å². The van der Waals surface area contributed by atoms with Gasteiger partial charge in [0.15, 0.2) is 0 Å². The average molecular weight is 894 g/mol. The van der Waals surface area contributed by atoms with Gasteiger partial charge in [0.25, 0.3) is 0 Å². The molecule has 0 saturated carbocycles. The summed E-state index contributed by atoms with van der Waals surface area (Å²) in [6.07, 6.45) is -14.3. The van der Waals surface area contributed by atoms with E-state index >= 15 is 13.2 Å². The van der Waals surface area contributed by atoms with Crippen LogP contribution in [0.15, 0.2) is 158 Å². The summed E-state index contributed by atoms with van der Waals surface area (Å²) in [7, 11) is 0. The second kappa shape index (κ2) is 15.2. The van der Waals surface area contributed by atoms with Gasteiger partial charge in [-0.05, 0) is 126 Å². The van der Waals surface area contributed by atoms with E-state index in [4.69, 9.17) is 0 Å². The molecule has 326 valence electrons. The van der Waals surface area contributed by atoms with Crippen molar-refractivity contribution in [3.05, 3.63) is 191 Å². The van der Waals surface area contributed by atoms with Gasteiger partial charge >= 0.3 is 18.5 Å². The van der Waals surface area contributed by atoms with Gasteiger partial charge in [0.2, 0.25) is 0 Å². The van der Waals surface area contributed by atoms with Gasteiger partial charge in [-0.25, -0.2) is 0 Å². The molecule has 2 heterocycles. The number of rotatable bonds is 5. The zero-order chi connectivity index (χ0) is 46.4. The summed E-state index contributed by atoms with van der Waals surface area (Å²) >= 11 is 0. The maximum atomic E-state index is 16.1. The number of nitriles is 1.